The van der Waals surface area contributed by atoms with E-state index < -0.39 is 0 Å². The molecule has 2 heterocycles. The molecule has 0 N–H and O–H groups in total. The summed E-state index contributed by atoms with van der Waals surface area (Å²) in [5, 5.41) is 1.01. The average molecular weight is 371 g/mol. The van der Waals surface area contributed by atoms with Gasteiger partial charge in [-0.15, -0.1) is 11.3 Å². The Hall–Kier alpha value is -1.72. The zero-order chi connectivity index (χ0) is 18.1. The molecule has 2 fully saturated rings. The third-order valence-electron chi connectivity index (χ3n) is 5.49. The molecule has 1 aromatic heterocycles. The van der Waals surface area contributed by atoms with Gasteiger partial charge in [0, 0.05) is 17.0 Å². The van der Waals surface area contributed by atoms with E-state index in [1.54, 1.807) is 11.3 Å². The molecule has 2 aromatic rings. The lowest BCUT2D eigenvalue weighted by molar-refractivity contribution is -0.148. The first-order valence-electron chi connectivity index (χ1n) is 9.56. The second kappa shape index (κ2) is 7.49. The maximum absolute atomic E-state index is 13.1. The van der Waals surface area contributed by atoms with Crippen molar-refractivity contribution in [1.29, 1.82) is 0 Å². The van der Waals surface area contributed by atoms with Gasteiger partial charge in [-0.2, -0.15) is 0 Å². The summed E-state index contributed by atoms with van der Waals surface area (Å²) in [5.74, 6) is 0.224. The van der Waals surface area contributed by atoms with Crippen LogP contribution >= 0.6 is 11.3 Å². The van der Waals surface area contributed by atoms with E-state index in [9.17, 15) is 4.79 Å². The topological polar surface area (TPSA) is 42.4 Å². The molecule has 2 atom stereocenters. The number of morpholine rings is 1. The summed E-state index contributed by atoms with van der Waals surface area (Å²) in [4.78, 5) is 21.0. The molecule has 4 nitrogen and oxygen atoms in total. The van der Waals surface area contributed by atoms with Crippen molar-refractivity contribution >= 4 is 17.2 Å². The largest absolute Gasteiger partial charge is 0.374 e. The average Bonchev–Trinajstić information content (AvgIpc) is 3.02. The molecular weight excluding hydrogens is 344 g/mol. The van der Waals surface area contributed by atoms with Gasteiger partial charge in [0.15, 0.2) is 0 Å². The molecule has 4 rings (SSSR count). The molecule has 2 aliphatic rings. The lowest BCUT2D eigenvalue weighted by atomic mass is 9.90. The Bertz CT molecular complexity index is 782. The lowest BCUT2D eigenvalue weighted by Gasteiger charge is -2.43. The number of amides is 1. The predicted octanol–water partition coefficient (Wildman–Crippen LogP) is 4.14. The fourth-order valence-electron chi connectivity index (χ4n) is 4.17. The van der Waals surface area contributed by atoms with E-state index >= 15 is 0 Å². The Morgan fingerprint density at radius 1 is 1.23 bits per heavy atom. The fraction of sp³-hybridized carbons (Fsp3) is 0.524. The van der Waals surface area contributed by atoms with E-state index in [4.69, 9.17) is 9.72 Å². The lowest BCUT2D eigenvalue weighted by Crippen LogP contribution is -2.55. The van der Waals surface area contributed by atoms with Crippen LogP contribution in [0.25, 0.3) is 11.3 Å². The highest BCUT2D eigenvalue weighted by molar-refractivity contribution is 7.12. The molecule has 5 heteroatoms. The minimum absolute atomic E-state index is 0.224. The van der Waals surface area contributed by atoms with Crippen molar-refractivity contribution in [3.63, 3.8) is 0 Å². The first-order valence-corrected chi connectivity index (χ1v) is 10.4. The van der Waals surface area contributed by atoms with Crippen molar-refractivity contribution in [3.05, 3.63) is 39.7 Å². The molecular formula is C21H26N2O2S. The first kappa shape index (κ1) is 17.7. The summed E-state index contributed by atoms with van der Waals surface area (Å²) in [6.45, 7) is 5.48. The molecule has 1 aromatic carbocycles. The number of hydrogen-bond acceptors (Lipinski definition) is 4. The molecule has 0 unspecified atom stereocenters. The van der Waals surface area contributed by atoms with Crippen LogP contribution in [0.15, 0.2) is 24.3 Å². The zero-order valence-corrected chi connectivity index (χ0v) is 16.3. The van der Waals surface area contributed by atoms with Gasteiger partial charge in [-0.1, -0.05) is 42.7 Å². The summed E-state index contributed by atoms with van der Waals surface area (Å²) in [7, 11) is 0. The van der Waals surface area contributed by atoms with E-state index in [2.05, 4.69) is 36.1 Å². The van der Waals surface area contributed by atoms with Gasteiger partial charge < -0.3 is 9.64 Å². The highest BCUT2D eigenvalue weighted by Crippen LogP contribution is 2.32. The predicted molar refractivity (Wildman–Crippen MR) is 104 cm³/mol. The molecule has 1 aliphatic carbocycles. The molecule has 138 valence electrons. The van der Waals surface area contributed by atoms with E-state index in [0.29, 0.717) is 13.0 Å². The smallest absolute Gasteiger partial charge is 0.228 e. The van der Waals surface area contributed by atoms with Crippen LogP contribution in [0.2, 0.25) is 0 Å². The summed E-state index contributed by atoms with van der Waals surface area (Å²) in [6, 6.07) is 8.67. The quantitative estimate of drug-likeness (QED) is 0.815. The summed E-state index contributed by atoms with van der Waals surface area (Å²) < 4.78 is 5.92. The minimum Gasteiger partial charge on any atom is -0.374 e. The number of ether oxygens (including phenoxy) is 1. The van der Waals surface area contributed by atoms with Crippen LogP contribution < -0.4 is 0 Å². The van der Waals surface area contributed by atoms with E-state index in [-0.39, 0.29) is 18.1 Å². The molecule has 1 saturated carbocycles. The van der Waals surface area contributed by atoms with Gasteiger partial charge in [0.2, 0.25) is 5.91 Å². The van der Waals surface area contributed by atoms with Crippen molar-refractivity contribution in [2.75, 3.05) is 13.2 Å². The van der Waals surface area contributed by atoms with Crippen molar-refractivity contribution in [2.45, 2.75) is 58.1 Å². The minimum atomic E-state index is 0.224. The Kier molecular flexibility index (Phi) is 5.09. The van der Waals surface area contributed by atoms with Crippen LogP contribution in [0.3, 0.4) is 0 Å². The van der Waals surface area contributed by atoms with Gasteiger partial charge in [0.1, 0.15) is 0 Å². The Balaban J connectivity index is 1.55. The van der Waals surface area contributed by atoms with Crippen LogP contribution in [-0.4, -0.2) is 41.1 Å². The number of rotatable bonds is 3. The zero-order valence-electron chi connectivity index (χ0n) is 15.5. The number of nitrogens with zero attached hydrogens (tertiary/aromatic N) is 2. The molecule has 0 radical (unpaired) electrons. The molecule has 1 aliphatic heterocycles. The normalized spacial score (nSPS) is 22.9. The number of carbonyl (C=O) groups is 1. The molecule has 1 saturated heterocycles. The van der Waals surface area contributed by atoms with Crippen molar-refractivity contribution in [2.24, 2.45) is 0 Å². The van der Waals surface area contributed by atoms with Crippen LogP contribution in [0, 0.1) is 13.8 Å². The molecule has 0 bridgehead atoms. The number of fused-ring (bicyclic) bond motifs is 1. The summed E-state index contributed by atoms with van der Waals surface area (Å²) >= 11 is 1.65. The van der Waals surface area contributed by atoms with Gasteiger partial charge in [-0.3, -0.25) is 4.79 Å². The molecule has 1 amide bonds. The summed E-state index contributed by atoms with van der Waals surface area (Å²) in [5.41, 5.74) is 3.30. The maximum atomic E-state index is 13.1. The van der Waals surface area contributed by atoms with Crippen LogP contribution in [0.1, 0.15) is 41.1 Å². The number of aryl methyl sites for hydroxylation is 2. The van der Waals surface area contributed by atoms with Gasteiger partial charge >= 0.3 is 0 Å². The van der Waals surface area contributed by atoms with Gasteiger partial charge in [-0.05, 0) is 26.7 Å². The third kappa shape index (κ3) is 3.55. The van der Waals surface area contributed by atoms with E-state index in [1.807, 2.05) is 6.92 Å². The highest BCUT2D eigenvalue weighted by atomic mass is 32.1. The highest BCUT2D eigenvalue weighted by Gasteiger charge is 2.36. The fourth-order valence-corrected chi connectivity index (χ4v) is 5.12. The van der Waals surface area contributed by atoms with E-state index in [1.165, 1.54) is 18.4 Å². The van der Waals surface area contributed by atoms with E-state index in [0.717, 1.165) is 40.5 Å². The number of thiazole rings is 1. The Morgan fingerprint density at radius 3 is 2.81 bits per heavy atom. The second-order valence-electron chi connectivity index (χ2n) is 7.40. The van der Waals surface area contributed by atoms with Gasteiger partial charge in [-0.25, -0.2) is 4.98 Å². The molecule has 26 heavy (non-hydrogen) atoms. The first-order chi connectivity index (χ1) is 12.6. The van der Waals surface area contributed by atoms with Crippen molar-refractivity contribution in [3.8, 4) is 11.3 Å². The van der Waals surface area contributed by atoms with Gasteiger partial charge in [0.25, 0.3) is 0 Å². The Labute approximate surface area is 159 Å². The van der Waals surface area contributed by atoms with Crippen LogP contribution in [0.4, 0.5) is 0 Å². The number of carbonyl (C=O) groups excluding carboxylic acids is 1. The molecule has 0 spiro atoms. The Morgan fingerprint density at radius 2 is 2.00 bits per heavy atom. The van der Waals surface area contributed by atoms with Crippen LogP contribution in [0.5, 0.6) is 0 Å². The van der Waals surface area contributed by atoms with Gasteiger partial charge in [0.05, 0.1) is 35.9 Å². The monoisotopic (exact) mass is 370 g/mol. The maximum Gasteiger partial charge on any atom is 0.228 e. The SMILES string of the molecule is Cc1ccc(-c2nc(C)sc2CC(=O)N2CCO[C@H]3CCCC[C@@H]32)cc1. The second-order valence-corrected chi connectivity index (χ2v) is 8.68. The third-order valence-corrected chi connectivity index (χ3v) is 6.46. The van der Waals surface area contributed by atoms with Crippen LogP contribution in [-0.2, 0) is 16.0 Å². The number of benzene rings is 1. The standard InChI is InChI=1S/C21H26N2O2S/c1-14-7-9-16(10-8-14)21-19(26-15(2)22-21)13-20(24)23-11-12-25-18-6-4-3-5-17(18)23/h7-10,17-18H,3-6,11-13H2,1-2H3/t17-,18-/m0/s1. The number of aromatic nitrogens is 1. The van der Waals surface area contributed by atoms with Crippen molar-refractivity contribution in [1.82, 2.24) is 9.88 Å². The van der Waals surface area contributed by atoms with Crippen molar-refractivity contribution < 1.29 is 9.53 Å². The number of hydrogen-bond donors (Lipinski definition) is 0. The summed E-state index contributed by atoms with van der Waals surface area (Å²) in [6.07, 6.45) is 5.25.